The molecule has 0 aliphatic rings. The van der Waals surface area contributed by atoms with E-state index in [0.717, 1.165) is 18.3 Å². The van der Waals surface area contributed by atoms with Crippen molar-refractivity contribution in [1.29, 1.82) is 0 Å². The maximum atomic E-state index is 13.5. The van der Waals surface area contributed by atoms with Gasteiger partial charge in [0.05, 0.1) is 0 Å². The van der Waals surface area contributed by atoms with Crippen LogP contribution in [-0.2, 0) is 11.0 Å². The molecule has 112 valence electrons. The average molecular weight is 325 g/mol. The molecule has 21 heavy (non-hydrogen) atoms. The van der Waals surface area contributed by atoms with E-state index in [4.69, 9.17) is 5.11 Å². The summed E-state index contributed by atoms with van der Waals surface area (Å²) in [4.78, 5) is 9.21. The Labute approximate surface area is 116 Å². The van der Waals surface area contributed by atoms with Crippen LogP contribution in [0.3, 0.4) is 0 Å². The number of aromatic carboxylic acids is 1. The number of carbonyl (C=O) groups is 1. The van der Waals surface area contributed by atoms with Crippen molar-refractivity contribution in [2.24, 2.45) is 0 Å². The Balaban J connectivity index is 2.70. The molecule has 0 aliphatic heterocycles. The van der Waals surface area contributed by atoms with Crippen LogP contribution in [-0.4, -0.2) is 19.3 Å². The van der Waals surface area contributed by atoms with Crippen molar-refractivity contribution < 1.29 is 36.1 Å². The van der Waals surface area contributed by atoms with Gasteiger partial charge in [0.2, 0.25) is 5.82 Å². The van der Waals surface area contributed by atoms with Gasteiger partial charge in [-0.25, -0.2) is 31.0 Å². The number of nitrogens with zero attached hydrogens (tertiary/aromatic N) is 1. The van der Waals surface area contributed by atoms with Crippen LogP contribution in [0.15, 0.2) is 23.2 Å². The quantitative estimate of drug-likeness (QED) is 0.536. The van der Waals surface area contributed by atoms with Gasteiger partial charge in [-0.3, -0.25) is 3.97 Å². The van der Waals surface area contributed by atoms with Crippen molar-refractivity contribution >= 4 is 17.0 Å². The zero-order valence-electron chi connectivity index (χ0n) is 9.74. The summed E-state index contributed by atoms with van der Waals surface area (Å²) in [5.41, 5.74) is -0.641. The molecule has 0 saturated heterocycles. The minimum absolute atomic E-state index is 0.376. The summed E-state index contributed by atoms with van der Waals surface area (Å²) in [6.07, 6.45) is 0.873. The van der Waals surface area contributed by atoms with Gasteiger partial charge in [-0.15, -0.1) is 0 Å². The Morgan fingerprint density at radius 2 is 1.48 bits per heavy atom. The highest BCUT2D eigenvalue weighted by atomic mass is 32.2. The zero-order valence-corrected chi connectivity index (χ0v) is 10.6. The molecule has 1 aromatic carbocycles. The lowest BCUT2D eigenvalue weighted by Crippen LogP contribution is -2.16. The monoisotopic (exact) mass is 325 g/mol. The lowest BCUT2D eigenvalue weighted by atomic mass is 10.3. The Kier molecular flexibility index (Phi) is 3.81. The molecule has 0 aliphatic carbocycles. The summed E-state index contributed by atoms with van der Waals surface area (Å²) in [7, 11) is -2.96. The van der Waals surface area contributed by atoms with E-state index in [-0.39, 0.29) is 0 Å². The van der Waals surface area contributed by atoms with E-state index >= 15 is 0 Å². The third kappa shape index (κ3) is 2.31. The van der Waals surface area contributed by atoms with Gasteiger partial charge in [-0.1, -0.05) is 0 Å². The van der Waals surface area contributed by atoms with E-state index in [9.17, 15) is 31.0 Å². The molecule has 1 N–H and O–H groups in total. The fourth-order valence-corrected chi connectivity index (χ4v) is 2.69. The summed E-state index contributed by atoms with van der Waals surface area (Å²) in [5.74, 6) is -13.1. The predicted octanol–water partition coefficient (Wildman–Crippen LogP) is 2.45. The number of carboxylic acids is 1. The van der Waals surface area contributed by atoms with E-state index in [2.05, 4.69) is 0 Å². The first-order valence-corrected chi connectivity index (χ1v) is 6.22. The molecular formula is C11H4F5NO3S. The van der Waals surface area contributed by atoms with Crippen molar-refractivity contribution in [2.75, 3.05) is 0 Å². The SMILES string of the molecule is O=C(O)c1cccn1S(=O)c1c(F)c(F)c(F)c(F)c1F. The first-order chi connectivity index (χ1) is 9.77. The van der Waals surface area contributed by atoms with Gasteiger partial charge < -0.3 is 5.11 Å². The second kappa shape index (κ2) is 5.28. The maximum Gasteiger partial charge on any atom is 0.353 e. The van der Waals surface area contributed by atoms with Gasteiger partial charge in [0.1, 0.15) is 10.6 Å². The molecule has 0 saturated carbocycles. The first-order valence-electron chi connectivity index (χ1n) is 5.11. The molecule has 1 heterocycles. The molecule has 4 nitrogen and oxygen atoms in total. The summed E-state index contributed by atoms with van der Waals surface area (Å²) >= 11 is 0. The van der Waals surface area contributed by atoms with Crippen LogP contribution in [0.25, 0.3) is 0 Å². The van der Waals surface area contributed by atoms with Gasteiger partial charge in [0.15, 0.2) is 34.3 Å². The van der Waals surface area contributed by atoms with Crippen LogP contribution < -0.4 is 0 Å². The van der Waals surface area contributed by atoms with Crippen LogP contribution in [0.2, 0.25) is 0 Å². The molecular weight excluding hydrogens is 321 g/mol. The highest BCUT2D eigenvalue weighted by Crippen LogP contribution is 2.26. The van der Waals surface area contributed by atoms with Crippen molar-refractivity contribution in [1.82, 2.24) is 3.97 Å². The smallest absolute Gasteiger partial charge is 0.353 e. The molecule has 10 heteroatoms. The third-order valence-electron chi connectivity index (χ3n) is 2.45. The largest absolute Gasteiger partial charge is 0.477 e. The standard InChI is InChI=1S/C11H4F5NO3S/c12-5-6(13)8(15)10(9(16)7(5)14)21(20)17-3-1-2-4(17)11(18)19/h1-3H,(H,18,19). The normalized spacial score (nSPS) is 12.4. The second-order valence-electron chi connectivity index (χ2n) is 3.67. The first kappa shape index (κ1) is 15.2. The van der Waals surface area contributed by atoms with Crippen molar-refractivity contribution in [3.05, 3.63) is 53.1 Å². The minimum Gasteiger partial charge on any atom is -0.477 e. The minimum atomic E-state index is -2.96. The Hall–Kier alpha value is -2.23. The number of rotatable bonds is 3. The van der Waals surface area contributed by atoms with E-state index < -0.39 is 56.6 Å². The number of halogens is 5. The van der Waals surface area contributed by atoms with Crippen molar-refractivity contribution in [2.45, 2.75) is 4.90 Å². The van der Waals surface area contributed by atoms with Gasteiger partial charge in [-0.2, -0.15) is 0 Å². The predicted molar refractivity (Wildman–Crippen MR) is 59.4 cm³/mol. The number of hydrogen-bond donors (Lipinski definition) is 1. The summed E-state index contributed by atoms with van der Waals surface area (Å²) < 4.78 is 78.3. The molecule has 0 radical (unpaired) electrons. The second-order valence-corrected chi connectivity index (χ2v) is 4.97. The average Bonchev–Trinajstić information content (AvgIpc) is 2.92. The summed E-state index contributed by atoms with van der Waals surface area (Å²) in [5, 5.41) is 8.79. The Bertz CT molecular complexity index is 744. The van der Waals surface area contributed by atoms with E-state index in [1.165, 1.54) is 0 Å². The van der Waals surface area contributed by atoms with Gasteiger partial charge in [0, 0.05) is 6.20 Å². The zero-order chi connectivity index (χ0) is 15.9. The topological polar surface area (TPSA) is 59.3 Å². The van der Waals surface area contributed by atoms with Gasteiger partial charge >= 0.3 is 5.97 Å². The van der Waals surface area contributed by atoms with Crippen LogP contribution in [0.4, 0.5) is 22.0 Å². The van der Waals surface area contributed by atoms with Crippen LogP contribution in [0.1, 0.15) is 10.5 Å². The summed E-state index contributed by atoms with van der Waals surface area (Å²) in [6, 6.07) is 2.04. The molecule has 0 spiro atoms. The number of benzene rings is 1. The highest BCUT2D eigenvalue weighted by molar-refractivity contribution is 7.83. The number of carboxylic acid groups (broad SMARTS) is 1. The molecule has 2 rings (SSSR count). The molecule has 0 bridgehead atoms. The van der Waals surface area contributed by atoms with Gasteiger partial charge in [0.25, 0.3) is 0 Å². The van der Waals surface area contributed by atoms with E-state index in [1.807, 2.05) is 0 Å². The molecule has 2 aromatic rings. The highest BCUT2D eigenvalue weighted by Gasteiger charge is 2.30. The van der Waals surface area contributed by atoms with Crippen LogP contribution in [0.5, 0.6) is 0 Å². The summed E-state index contributed by atoms with van der Waals surface area (Å²) in [6.45, 7) is 0. The molecule has 0 fully saturated rings. The molecule has 1 atom stereocenters. The Morgan fingerprint density at radius 3 is 1.95 bits per heavy atom. The molecule has 0 amide bonds. The maximum absolute atomic E-state index is 13.5. The molecule has 1 aromatic heterocycles. The van der Waals surface area contributed by atoms with Crippen molar-refractivity contribution in [3.8, 4) is 0 Å². The van der Waals surface area contributed by atoms with Gasteiger partial charge in [-0.05, 0) is 12.1 Å². The van der Waals surface area contributed by atoms with E-state index in [1.54, 1.807) is 0 Å². The van der Waals surface area contributed by atoms with Crippen molar-refractivity contribution in [3.63, 3.8) is 0 Å². The van der Waals surface area contributed by atoms with Crippen LogP contribution in [0, 0.1) is 29.1 Å². The fraction of sp³-hybridized carbons (Fsp3) is 0. The fourth-order valence-electron chi connectivity index (χ4n) is 1.51. The molecule has 1 unspecified atom stereocenters. The third-order valence-corrected chi connectivity index (χ3v) is 3.84. The number of hydrogen-bond acceptors (Lipinski definition) is 2. The number of aromatic nitrogens is 1. The lowest BCUT2D eigenvalue weighted by Gasteiger charge is -2.10. The lowest BCUT2D eigenvalue weighted by molar-refractivity contribution is 0.0689. The van der Waals surface area contributed by atoms with Crippen LogP contribution >= 0.6 is 0 Å². The Morgan fingerprint density at radius 1 is 1.00 bits per heavy atom. The van der Waals surface area contributed by atoms with E-state index in [0.29, 0.717) is 3.97 Å².